The second-order valence-electron chi connectivity index (χ2n) is 6.63. The Morgan fingerprint density at radius 2 is 1.88 bits per heavy atom. The van der Waals surface area contributed by atoms with E-state index in [0.717, 1.165) is 48.6 Å². The van der Waals surface area contributed by atoms with Crippen molar-refractivity contribution in [3.8, 4) is 0 Å². The molecule has 1 aliphatic carbocycles. The monoisotopic (exact) mass is 321 g/mol. The van der Waals surface area contributed by atoms with Crippen molar-refractivity contribution in [2.75, 3.05) is 39.8 Å². The molecule has 2 aromatic rings. The summed E-state index contributed by atoms with van der Waals surface area (Å²) < 4.78 is 0. The molecule has 4 heteroatoms. The zero-order valence-electron chi connectivity index (χ0n) is 14.0. The summed E-state index contributed by atoms with van der Waals surface area (Å²) in [6, 6.07) is 12.7. The van der Waals surface area contributed by atoms with Crippen LogP contribution in [0.2, 0.25) is 0 Å². The Kier molecular flexibility index (Phi) is 4.19. The highest BCUT2D eigenvalue weighted by Gasteiger charge is 2.31. The van der Waals surface area contributed by atoms with Crippen LogP contribution in [0.15, 0.2) is 42.6 Å². The van der Waals surface area contributed by atoms with Gasteiger partial charge in [-0.2, -0.15) is 0 Å². The Bertz CT molecular complexity index is 763. The molecule has 1 atom stereocenters. The van der Waals surface area contributed by atoms with Gasteiger partial charge in [0, 0.05) is 32.4 Å². The molecular weight excluding hydrogens is 298 g/mol. The first-order valence-electron chi connectivity index (χ1n) is 8.56. The minimum atomic E-state index is 0.0425. The van der Waals surface area contributed by atoms with Gasteiger partial charge in [0.15, 0.2) is 0 Å². The summed E-state index contributed by atoms with van der Waals surface area (Å²) in [5.74, 6) is 0. The number of pyridine rings is 1. The smallest absolute Gasteiger partial charge is 0.0789 e. The highest BCUT2D eigenvalue weighted by atomic mass is 16.3. The molecule has 0 saturated carbocycles. The van der Waals surface area contributed by atoms with Crippen molar-refractivity contribution < 1.29 is 5.11 Å². The van der Waals surface area contributed by atoms with Gasteiger partial charge < -0.3 is 10.0 Å². The topological polar surface area (TPSA) is 39.6 Å². The maximum absolute atomic E-state index is 9.91. The van der Waals surface area contributed by atoms with E-state index in [-0.39, 0.29) is 12.6 Å². The number of nitrogens with zero attached hydrogens (tertiary/aromatic N) is 3. The van der Waals surface area contributed by atoms with Crippen molar-refractivity contribution >= 4 is 11.6 Å². The number of likely N-dealkylation sites (N-methyl/N-ethyl adjacent to an activating group) is 1. The van der Waals surface area contributed by atoms with Crippen LogP contribution in [0, 0.1) is 0 Å². The molecule has 2 aliphatic rings. The Morgan fingerprint density at radius 1 is 1.08 bits per heavy atom. The van der Waals surface area contributed by atoms with E-state index in [4.69, 9.17) is 4.98 Å². The average molecular weight is 321 g/mol. The summed E-state index contributed by atoms with van der Waals surface area (Å²) in [5.41, 5.74) is 5.57. The Balaban J connectivity index is 1.88. The molecule has 124 valence electrons. The summed E-state index contributed by atoms with van der Waals surface area (Å²) >= 11 is 0. The van der Waals surface area contributed by atoms with Crippen molar-refractivity contribution in [3.05, 3.63) is 65.0 Å². The molecular formula is C20H23N3O. The Hall–Kier alpha value is -2.01. The average Bonchev–Trinajstić information content (AvgIpc) is 2.77. The van der Waals surface area contributed by atoms with Crippen LogP contribution in [0.25, 0.3) is 11.6 Å². The van der Waals surface area contributed by atoms with Gasteiger partial charge in [-0.3, -0.25) is 9.88 Å². The van der Waals surface area contributed by atoms with Crippen LogP contribution >= 0.6 is 0 Å². The third-order valence-electron chi connectivity index (χ3n) is 5.13. The first kappa shape index (κ1) is 15.5. The van der Waals surface area contributed by atoms with E-state index >= 15 is 0 Å². The fraction of sp³-hybridized carbons (Fsp3) is 0.350. The van der Waals surface area contributed by atoms with E-state index in [1.807, 2.05) is 18.3 Å². The summed E-state index contributed by atoms with van der Waals surface area (Å²) in [4.78, 5) is 9.64. The molecule has 1 N–H and O–H groups in total. The minimum absolute atomic E-state index is 0.0425. The van der Waals surface area contributed by atoms with Crippen LogP contribution in [0.5, 0.6) is 0 Å². The largest absolute Gasteiger partial charge is 0.392 e. The van der Waals surface area contributed by atoms with Crippen LogP contribution in [0.1, 0.15) is 28.4 Å². The van der Waals surface area contributed by atoms with Crippen LogP contribution in [-0.4, -0.2) is 59.7 Å². The predicted octanol–water partition coefficient (Wildman–Crippen LogP) is 2.26. The number of benzene rings is 1. The van der Waals surface area contributed by atoms with Gasteiger partial charge in [0.05, 0.1) is 18.3 Å². The summed E-state index contributed by atoms with van der Waals surface area (Å²) in [7, 11) is 2.18. The van der Waals surface area contributed by atoms with Crippen LogP contribution in [-0.2, 0) is 0 Å². The molecule has 1 aliphatic heterocycles. The Labute approximate surface area is 143 Å². The van der Waals surface area contributed by atoms with E-state index in [9.17, 15) is 5.11 Å². The molecule has 1 aromatic carbocycles. The number of hydrogen-bond donors (Lipinski definition) is 1. The van der Waals surface area contributed by atoms with Crippen LogP contribution in [0.4, 0.5) is 0 Å². The Morgan fingerprint density at radius 3 is 2.67 bits per heavy atom. The molecule has 0 bridgehead atoms. The first-order chi connectivity index (χ1) is 11.8. The van der Waals surface area contributed by atoms with Gasteiger partial charge in [-0.15, -0.1) is 0 Å². The van der Waals surface area contributed by atoms with Gasteiger partial charge in [0.1, 0.15) is 0 Å². The van der Waals surface area contributed by atoms with E-state index in [2.05, 4.69) is 47.2 Å². The standard InChI is InChI=1S/C20H23N3O/c1-22-9-11-23(12-10-22)20-18-7-3-2-6-17(18)16(14-24)13-15-5-4-8-21-19(15)20/h2-8,13,20,24H,9-12,14H2,1H3. The highest BCUT2D eigenvalue weighted by Crippen LogP contribution is 2.38. The highest BCUT2D eigenvalue weighted by molar-refractivity contribution is 5.86. The molecule has 0 spiro atoms. The van der Waals surface area contributed by atoms with E-state index in [1.54, 1.807) is 0 Å². The molecule has 0 radical (unpaired) electrons. The fourth-order valence-corrected chi connectivity index (χ4v) is 3.80. The second kappa shape index (κ2) is 6.48. The third-order valence-corrected chi connectivity index (χ3v) is 5.13. The first-order valence-corrected chi connectivity index (χ1v) is 8.56. The molecule has 2 heterocycles. The summed E-state index contributed by atoms with van der Waals surface area (Å²) in [5, 5.41) is 9.91. The van der Waals surface area contributed by atoms with Gasteiger partial charge in [0.2, 0.25) is 0 Å². The maximum Gasteiger partial charge on any atom is 0.0789 e. The molecule has 1 aromatic heterocycles. The number of piperazine rings is 1. The lowest BCUT2D eigenvalue weighted by molar-refractivity contribution is 0.125. The molecule has 1 unspecified atom stereocenters. The summed E-state index contributed by atoms with van der Waals surface area (Å²) in [6.07, 6.45) is 3.97. The van der Waals surface area contributed by atoms with Crippen molar-refractivity contribution in [2.45, 2.75) is 6.04 Å². The maximum atomic E-state index is 9.91. The van der Waals surface area contributed by atoms with Gasteiger partial charge in [-0.05, 0) is 41.5 Å². The van der Waals surface area contributed by atoms with Gasteiger partial charge >= 0.3 is 0 Å². The molecule has 1 fully saturated rings. The van der Waals surface area contributed by atoms with Crippen molar-refractivity contribution in [2.24, 2.45) is 0 Å². The number of aromatic nitrogens is 1. The lowest BCUT2D eigenvalue weighted by Crippen LogP contribution is -2.46. The zero-order chi connectivity index (χ0) is 16.5. The van der Waals surface area contributed by atoms with Crippen LogP contribution < -0.4 is 0 Å². The third kappa shape index (κ3) is 2.67. The van der Waals surface area contributed by atoms with Gasteiger partial charge in [0.25, 0.3) is 0 Å². The molecule has 24 heavy (non-hydrogen) atoms. The van der Waals surface area contributed by atoms with Gasteiger partial charge in [-0.25, -0.2) is 0 Å². The number of rotatable bonds is 2. The number of aliphatic hydroxyl groups excluding tert-OH is 1. The van der Waals surface area contributed by atoms with Gasteiger partial charge in [-0.1, -0.05) is 30.3 Å². The van der Waals surface area contributed by atoms with Crippen molar-refractivity contribution in [3.63, 3.8) is 0 Å². The van der Waals surface area contributed by atoms with Crippen LogP contribution in [0.3, 0.4) is 0 Å². The minimum Gasteiger partial charge on any atom is -0.392 e. The SMILES string of the molecule is CN1CCN(C2c3ccccc3C(CO)=Cc3cccnc32)CC1. The van der Waals surface area contributed by atoms with E-state index < -0.39 is 0 Å². The molecule has 4 rings (SSSR count). The van der Waals surface area contributed by atoms with E-state index in [1.165, 1.54) is 5.56 Å². The predicted molar refractivity (Wildman–Crippen MR) is 96.5 cm³/mol. The quantitative estimate of drug-likeness (QED) is 0.921. The van der Waals surface area contributed by atoms with E-state index in [0.29, 0.717) is 0 Å². The normalized spacial score (nSPS) is 21.6. The molecule has 1 saturated heterocycles. The van der Waals surface area contributed by atoms with Crippen molar-refractivity contribution in [1.29, 1.82) is 0 Å². The van der Waals surface area contributed by atoms with Crippen molar-refractivity contribution in [1.82, 2.24) is 14.8 Å². The lowest BCUT2D eigenvalue weighted by atomic mass is 9.94. The number of aliphatic hydroxyl groups is 1. The zero-order valence-corrected chi connectivity index (χ0v) is 14.0. The summed E-state index contributed by atoms with van der Waals surface area (Å²) in [6.45, 7) is 4.24. The molecule has 0 amide bonds. The molecule has 4 nitrogen and oxygen atoms in total. The lowest BCUT2D eigenvalue weighted by Gasteiger charge is -2.38. The fourth-order valence-electron chi connectivity index (χ4n) is 3.80. The second-order valence-corrected chi connectivity index (χ2v) is 6.63. The number of hydrogen-bond acceptors (Lipinski definition) is 4. The number of fused-ring (bicyclic) bond motifs is 2.